The standard InChI is InChI=1S/C22H19NO3/c23-21(25)26-22(18-9-3-1-4-10-18,19-11-5-2-6-12-19)15-14-17-8-7-13-20(24)16-17/h1-16,24H,(H2,23,25)/b15-14+. The lowest BCUT2D eigenvalue weighted by Gasteiger charge is -2.31. The highest BCUT2D eigenvalue weighted by Crippen LogP contribution is 2.36. The second-order valence-corrected chi connectivity index (χ2v) is 5.82. The topological polar surface area (TPSA) is 72.6 Å². The molecule has 0 saturated carbocycles. The number of amides is 1. The lowest BCUT2D eigenvalue weighted by Crippen LogP contribution is -2.34. The fraction of sp³-hybridized carbons (Fsp3) is 0.0455. The van der Waals surface area contributed by atoms with E-state index in [9.17, 15) is 9.90 Å². The summed E-state index contributed by atoms with van der Waals surface area (Å²) < 4.78 is 5.65. The van der Waals surface area contributed by atoms with E-state index >= 15 is 0 Å². The third kappa shape index (κ3) is 3.75. The Bertz CT molecular complexity index is 865. The summed E-state index contributed by atoms with van der Waals surface area (Å²) in [6.45, 7) is 0. The van der Waals surface area contributed by atoms with Crippen LogP contribution in [-0.2, 0) is 10.3 Å². The molecule has 0 aliphatic heterocycles. The van der Waals surface area contributed by atoms with Gasteiger partial charge in [0.15, 0.2) is 5.60 Å². The molecule has 3 rings (SSSR count). The van der Waals surface area contributed by atoms with Crippen molar-refractivity contribution < 1.29 is 14.6 Å². The molecule has 0 aliphatic carbocycles. The van der Waals surface area contributed by atoms with E-state index in [-0.39, 0.29) is 5.75 Å². The first kappa shape index (κ1) is 17.3. The zero-order valence-corrected chi connectivity index (χ0v) is 14.1. The van der Waals surface area contributed by atoms with Crippen LogP contribution in [0.5, 0.6) is 5.75 Å². The lowest BCUT2D eigenvalue weighted by atomic mass is 9.85. The maximum atomic E-state index is 11.8. The van der Waals surface area contributed by atoms with Crippen LogP contribution < -0.4 is 5.73 Å². The van der Waals surface area contributed by atoms with Crippen molar-refractivity contribution in [2.45, 2.75) is 5.60 Å². The van der Waals surface area contributed by atoms with Gasteiger partial charge in [-0.25, -0.2) is 4.79 Å². The van der Waals surface area contributed by atoms with E-state index in [0.29, 0.717) is 0 Å². The van der Waals surface area contributed by atoms with Crippen LogP contribution in [0, 0.1) is 0 Å². The molecule has 0 radical (unpaired) electrons. The second-order valence-electron chi connectivity index (χ2n) is 5.82. The molecule has 0 aliphatic rings. The Hall–Kier alpha value is -3.53. The van der Waals surface area contributed by atoms with Crippen molar-refractivity contribution in [1.82, 2.24) is 0 Å². The van der Waals surface area contributed by atoms with Gasteiger partial charge in [-0.3, -0.25) is 0 Å². The molecule has 0 aromatic heterocycles. The molecule has 4 nitrogen and oxygen atoms in total. The smallest absolute Gasteiger partial charge is 0.406 e. The summed E-state index contributed by atoms with van der Waals surface area (Å²) in [6, 6.07) is 25.6. The van der Waals surface area contributed by atoms with E-state index in [1.165, 1.54) is 0 Å². The molecule has 3 aromatic rings. The van der Waals surface area contributed by atoms with Crippen LogP contribution in [0.15, 0.2) is 91.0 Å². The molecule has 0 bridgehead atoms. The molecule has 3 aromatic carbocycles. The van der Waals surface area contributed by atoms with Crippen molar-refractivity contribution in [2.75, 3.05) is 0 Å². The minimum atomic E-state index is -1.18. The Labute approximate surface area is 152 Å². The minimum absolute atomic E-state index is 0.160. The minimum Gasteiger partial charge on any atom is -0.508 e. The van der Waals surface area contributed by atoms with Crippen LogP contribution in [-0.4, -0.2) is 11.2 Å². The predicted octanol–water partition coefficient (Wildman–Crippen LogP) is 4.44. The first-order valence-corrected chi connectivity index (χ1v) is 8.18. The highest BCUT2D eigenvalue weighted by atomic mass is 16.6. The van der Waals surface area contributed by atoms with E-state index in [1.54, 1.807) is 30.4 Å². The zero-order valence-electron chi connectivity index (χ0n) is 14.1. The molecule has 0 atom stereocenters. The summed E-state index contributed by atoms with van der Waals surface area (Å²) in [7, 11) is 0. The number of phenolic OH excluding ortho intramolecular Hbond substituents is 1. The first-order chi connectivity index (χ1) is 12.6. The number of benzene rings is 3. The Kier molecular flexibility index (Phi) is 5.04. The largest absolute Gasteiger partial charge is 0.508 e. The van der Waals surface area contributed by atoms with Crippen LogP contribution in [0.2, 0.25) is 0 Å². The summed E-state index contributed by atoms with van der Waals surface area (Å²) in [4.78, 5) is 11.8. The first-order valence-electron chi connectivity index (χ1n) is 8.18. The van der Waals surface area contributed by atoms with Gasteiger partial charge in [-0.1, -0.05) is 78.9 Å². The molecular weight excluding hydrogens is 326 g/mol. The SMILES string of the molecule is NC(=O)OC(/C=C/c1cccc(O)c1)(c1ccccc1)c1ccccc1. The Morgan fingerprint density at radius 2 is 1.46 bits per heavy atom. The maximum Gasteiger partial charge on any atom is 0.406 e. The molecule has 0 saturated heterocycles. The van der Waals surface area contributed by atoms with Crippen LogP contribution in [0.1, 0.15) is 16.7 Å². The number of carbonyl (C=O) groups excluding carboxylic acids is 1. The average molecular weight is 345 g/mol. The van der Waals surface area contributed by atoms with Crippen molar-refractivity contribution in [1.29, 1.82) is 0 Å². The highest BCUT2D eigenvalue weighted by Gasteiger charge is 2.35. The number of hydrogen-bond donors (Lipinski definition) is 2. The third-order valence-corrected chi connectivity index (χ3v) is 4.05. The predicted molar refractivity (Wildman–Crippen MR) is 101 cm³/mol. The molecular formula is C22H19NO3. The van der Waals surface area contributed by atoms with Crippen molar-refractivity contribution in [2.24, 2.45) is 5.73 Å². The van der Waals surface area contributed by atoms with E-state index in [1.807, 2.05) is 66.7 Å². The number of nitrogens with two attached hydrogens (primary N) is 1. The molecule has 0 heterocycles. The normalized spacial score (nSPS) is 11.4. The summed E-state index contributed by atoms with van der Waals surface area (Å²) in [5, 5.41) is 9.68. The van der Waals surface area contributed by atoms with E-state index in [2.05, 4.69) is 0 Å². The highest BCUT2D eigenvalue weighted by molar-refractivity contribution is 5.68. The summed E-state index contributed by atoms with van der Waals surface area (Å²) in [6.07, 6.45) is 2.69. The van der Waals surface area contributed by atoms with Gasteiger partial charge >= 0.3 is 6.09 Å². The van der Waals surface area contributed by atoms with Crippen LogP contribution >= 0.6 is 0 Å². The monoisotopic (exact) mass is 345 g/mol. The van der Waals surface area contributed by atoms with Crippen LogP contribution in [0.3, 0.4) is 0 Å². The van der Waals surface area contributed by atoms with Gasteiger partial charge in [-0.05, 0) is 23.8 Å². The number of hydrogen-bond acceptors (Lipinski definition) is 3. The summed E-state index contributed by atoms with van der Waals surface area (Å²) >= 11 is 0. The molecule has 0 fully saturated rings. The Morgan fingerprint density at radius 1 is 0.885 bits per heavy atom. The Morgan fingerprint density at radius 3 is 1.96 bits per heavy atom. The molecule has 0 unspecified atom stereocenters. The number of aromatic hydroxyl groups is 1. The van der Waals surface area contributed by atoms with Gasteiger partial charge in [0, 0.05) is 11.1 Å². The summed E-state index contributed by atoms with van der Waals surface area (Å²) in [5.74, 6) is 0.160. The molecule has 0 spiro atoms. The van der Waals surface area contributed by atoms with Crippen molar-refractivity contribution in [3.8, 4) is 5.75 Å². The van der Waals surface area contributed by atoms with Crippen molar-refractivity contribution in [3.63, 3.8) is 0 Å². The van der Waals surface area contributed by atoms with Crippen LogP contribution in [0.25, 0.3) is 6.08 Å². The molecule has 1 amide bonds. The lowest BCUT2D eigenvalue weighted by molar-refractivity contribution is 0.0806. The van der Waals surface area contributed by atoms with E-state index in [4.69, 9.17) is 10.5 Å². The number of ether oxygens (including phenoxy) is 1. The summed E-state index contributed by atoms with van der Waals surface area (Å²) in [5.41, 5.74) is 6.53. The van der Waals surface area contributed by atoms with Gasteiger partial charge in [0.05, 0.1) is 0 Å². The molecule has 130 valence electrons. The average Bonchev–Trinajstić information content (AvgIpc) is 2.66. The van der Waals surface area contributed by atoms with Crippen molar-refractivity contribution in [3.05, 3.63) is 108 Å². The van der Waals surface area contributed by atoms with Gasteiger partial charge in [0.1, 0.15) is 5.75 Å². The van der Waals surface area contributed by atoms with Gasteiger partial charge in [-0.2, -0.15) is 0 Å². The zero-order chi connectivity index (χ0) is 18.4. The number of carbonyl (C=O) groups is 1. The van der Waals surface area contributed by atoms with E-state index < -0.39 is 11.7 Å². The van der Waals surface area contributed by atoms with E-state index in [0.717, 1.165) is 16.7 Å². The molecule has 4 heteroatoms. The number of phenols is 1. The van der Waals surface area contributed by atoms with Gasteiger partial charge in [-0.15, -0.1) is 0 Å². The second kappa shape index (κ2) is 7.57. The van der Waals surface area contributed by atoms with Gasteiger partial charge in [0.25, 0.3) is 0 Å². The maximum absolute atomic E-state index is 11.8. The van der Waals surface area contributed by atoms with Gasteiger partial charge < -0.3 is 15.6 Å². The molecule has 26 heavy (non-hydrogen) atoms. The number of primary amides is 1. The van der Waals surface area contributed by atoms with Crippen LogP contribution in [0.4, 0.5) is 4.79 Å². The quantitative estimate of drug-likeness (QED) is 0.718. The Balaban J connectivity index is 2.18. The third-order valence-electron chi connectivity index (χ3n) is 4.05. The van der Waals surface area contributed by atoms with Crippen molar-refractivity contribution >= 4 is 12.2 Å². The fourth-order valence-electron chi connectivity index (χ4n) is 2.88. The van der Waals surface area contributed by atoms with Gasteiger partial charge in [0.2, 0.25) is 0 Å². The number of rotatable bonds is 5. The fourth-order valence-corrected chi connectivity index (χ4v) is 2.88. The molecule has 3 N–H and O–H groups in total.